The molecule has 1 aromatic heterocycles. The number of aromatic nitrogens is 2. The predicted octanol–water partition coefficient (Wildman–Crippen LogP) is 6.04. The zero-order valence-electron chi connectivity index (χ0n) is 15.5. The molecule has 3 heteroatoms. The van der Waals surface area contributed by atoms with E-state index in [2.05, 4.69) is 74.3 Å². The molecular weight excluding hydrogens is 308 g/mol. The Morgan fingerprint density at radius 2 is 1.60 bits per heavy atom. The minimum Gasteiger partial charge on any atom is -0.416 e. The zero-order valence-corrected chi connectivity index (χ0v) is 15.5. The number of nitrogens with zero attached hydrogens (tertiary/aromatic N) is 2. The minimum atomic E-state index is 0.126. The van der Waals surface area contributed by atoms with Crippen molar-refractivity contribution in [3.8, 4) is 22.9 Å². The Balaban J connectivity index is 1.97. The molecule has 0 saturated carbocycles. The van der Waals surface area contributed by atoms with Crippen molar-refractivity contribution in [2.75, 3.05) is 0 Å². The van der Waals surface area contributed by atoms with Gasteiger partial charge < -0.3 is 4.42 Å². The van der Waals surface area contributed by atoms with Crippen LogP contribution in [0.25, 0.3) is 29.0 Å². The zero-order chi connectivity index (χ0) is 18.0. The lowest BCUT2D eigenvalue weighted by molar-refractivity contribution is 0.582. The standard InChI is InChI=1S/C22H24N2O/c1-6-7-16-9-8-15(2)14-19(16)21-24-23-20(25-21)17-10-12-18(13-11-17)22(3,4)5/h6-14H,1-5H3/b7-6+. The first-order valence-corrected chi connectivity index (χ1v) is 8.56. The molecule has 0 bridgehead atoms. The van der Waals surface area contributed by atoms with Crippen LogP contribution in [0.5, 0.6) is 0 Å². The van der Waals surface area contributed by atoms with Crippen molar-refractivity contribution in [2.45, 2.75) is 40.0 Å². The smallest absolute Gasteiger partial charge is 0.248 e. The van der Waals surface area contributed by atoms with Gasteiger partial charge in [0.15, 0.2) is 0 Å². The number of rotatable bonds is 3. The third kappa shape index (κ3) is 3.71. The molecule has 1 heterocycles. The molecule has 3 aromatic rings. The van der Waals surface area contributed by atoms with E-state index in [0.29, 0.717) is 11.8 Å². The van der Waals surface area contributed by atoms with Crippen LogP contribution < -0.4 is 0 Å². The largest absolute Gasteiger partial charge is 0.416 e. The fourth-order valence-corrected chi connectivity index (χ4v) is 2.74. The first-order chi connectivity index (χ1) is 11.9. The second-order valence-electron chi connectivity index (χ2n) is 7.33. The van der Waals surface area contributed by atoms with Gasteiger partial charge in [-0.3, -0.25) is 0 Å². The van der Waals surface area contributed by atoms with Crippen LogP contribution in [0.4, 0.5) is 0 Å². The molecule has 0 aliphatic carbocycles. The topological polar surface area (TPSA) is 38.9 Å². The van der Waals surface area contributed by atoms with Crippen molar-refractivity contribution in [1.82, 2.24) is 10.2 Å². The summed E-state index contributed by atoms with van der Waals surface area (Å²) >= 11 is 0. The van der Waals surface area contributed by atoms with E-state index in [1.54, 1.807) is 0 Å². The Hall–Kier alpha value is -2.68. The van der Waals surface area contributed by atoms with E-state index < -0.39 is 0 Å². The van der Waals surface area contributed by atoms with Gasteiger partial charge in [0.25, 0.3) is 0 Å². The molecule has 0 N–H and O–H groups in total. The van der Waals surface area contributed by atoms with Crippen LogP contribution in [-0.2, 0) is 5.41 Å². The van der Waals surface area contributed by atoms with Gasteiger partial charge in [-0.1, -0.05) is 62.8 Å². The Morgan fingerprint density at radius 1 is 0.920 bits per heavy atom. The average molecular weight is 332 g/mol. The van der Waals surface area contributed by atoms with Crippen LogP contribution in [0, 0.1) is 6.92 Å². The van der Waals surface area contributed by atoms with Gasteiger partial charge in [-0.2, -0.15) is 0 Å². The maximum atomic E-state index is 5.97. The monoisotopic (exact) mass is 332 g/mol. The number of hydrogen-bond donors (Lipinski definition) is 0. The lowest BCUT2D eigenvalue weighted by atomic mass is 9.87. The molecule has 0 amide bonds. The maximum Gasteiger partial charge on any atom is 0.248 e. The summed E-state index contributed by atoms with van der Waals surface area (Å²) in [5.74, 6) is 1.09. The van der Waals surface area contributed by atoms with Crippen molar-refractivity contribution in [3.05, 3.63) is 65.2 Å². The predicted molar refractivity (Wildman–Crippen MR) is 103 cm³/mol. The Bertz CT molecular complexity index is 897. The lowest BCUT2D eigenvalue weighted by Crippen LogP contribution is -2.10. The summed E-state index contributed by atoms with van der Waals surface area (Å²) in [6.45, 7) is 10.7. The molecule has 0 atom stereocenters. The lowest BCUT2D eigenvalue weighted by Gasteiger charge is -2.18. The van der Waals surface area contributed by atoms with Gasteiger partial charge in [0, 0.05) is 11.1 Å². The molecule has 128 valence electrons. The van der Waals surface area contributed by atoms with Gasteiger partial charge in [0.2, 0.25) is 11.8 Å². The van der Waals surface area contributed by atoms with Gasteiger partial charge in [0.1, 0.15) is 0 Å². The third-order valence-electron chi connectivity index (χ3n) is 4.21. The minimum absolute atomic E-state index is 0.126. The quantitative estimate of drug-likeness (QED) is 0.586. The van der Waals surface area contributed by atoms with Gasteiger partial charge >= 0.3 is 0 Å². The Morgan fingerprint density at radius 3 is 2.24 bits per heavy atom. The second kappa shape index (κ2) is 6.67. The molecule has 3 nitrogen and oxygen atoms in total. The van der Waals surface area contributed by atoms with Gasteiger partial charge in [0.05, 0.1) is 0 Å². The van der Waals surface area contributed by atoms with Crippen LogP contribution in [0.15, 0.2) is 53.0 Å². The molecule has 0 fully saturated rings. The van der Waals surface area contributed by atoms with Gasteiger partial charge in [-0.15, -0.1) is 10.2 Å². The van der Waals surface area contributed by atoms with Gasteiger partial charge in [-0.05, 0) is 48.6 Å². The SMILES string of the molecule is C/C=C/c1ccc(C)cc1-c1nnc(-c2ccc(C(C)(C)C)cc2)o1. The van der Waals surface area contributed by atoms with Crippen LogP contribution in [0.2, 0.25) is 0 Å². The summed E-state index contributed by atoms with van der Waals surface area (Å²) in [5.41, 5.74) is 5.55. The fourth-order valence-electron chi connectivity index (χ4n) is 2.74. The number of aryl methyl sites for hydroxylation is 1. The maximum absolute atomic E-state index is 5.97. The summed E-state index contributed by atoms with van der Waals surface area (Å²) in [4.78, 5) is 0. The summed E-state index contributed by atoms with van der Waals surface area (Å²) in [6.07, 6.45) is 4.06. The van der Waals surface area contributed by atoms with E-state index in [-0.39, 0.29) is 5.41 Å². The second-order valence-corrected chi connectivity index (χ2v) is 7.33. The first kappa shape index (κ1) is 17.2. The molecule has 0 radical (unpaired) electrons. The van der Waals surface area contributed by atoms with Crippen LogP contribution in [0.3, 0.4) is 0 Å². The highest BCUT2D eigenvalue weighted by atomic mass is 16.4. The molecule has 3 rings (SSSR count). The molecule has 0 spiro atoms. The number of allylic oxidation sites excluding steroid dienone is 1. The normalized spacial score (nSPS) is 12.0. The van der Waals surface area contributed by atoms with Crippen LogP contribution >= 0.6 is 0 Å². The van der Waals surface area contributed by atoms with E-state index in [1.165, 1.54) is 5.56 Å². The van der Waals surface area contributed by atoms with Crippen molar-refractivity contribution in [3.63, 3.8) is 0 Å². The van der Waals surface area contributed by atoms with E-state index in [1.807, 2.05) is 25.1 Å². The van der Waals surface area contributed by atoms with E-state index >= 15 is 0 Å². The van der Waals surface area contributed by atoms with Crippen LogP contribution in [-0.4, -0.2) is 10.2 Å². The van der Waals surface area contributed by atoms with E-state index in [9.17, 15) is 0 Å². The van der Waals surface area contributed by atoms with E-state index in [0.717, 1.165) is 22.3 Å². The van der Waals surface area contributed by atoms with Crippen molar-refractivity contribution >= 4 is 6.08 Å². The number of hydrogen-bond acceptors (Lipinski definition) is 3. The summed E-state index contributed by atoms with van der Waals surface area (Å²) in [5, 5.41) is 8.51. The van der Waals surface area contributed by atoms with Crippen molar-refractivity contribution < 1.29 is 4.42 Å². The molecule has 0 aliphatic rings. The summed E-state index contributed by atoms with van der Waals surface area (Å²) in [6, 6.07) is 14.6. The summed E-state index contributed by atoms with van der Waals surface area (Å²) < 4.78 is 5.97. The molecule has 0 aliphatic heterocycles. The Labute approximate surface area is 149 Å². The Kier molecular flexibility index (Phi) is 4.58. The van der Waals surface area contributed by atoms with E-state index in [4.69, 9.17) is 4.42 Å². The number of benzene rings is 2. The third-order valence-corrected chi connectivity index (χ3v) is 4.21. The first-order valence-electron chi connectivity index (χ1n) is 8.56. The van der Waals surface area contributed by atoms with Crippen LogP contribution in [0.1, 0.15) is 44.4 Å². The van der Waals surface area contributed by atoms with Crippen molar-refractivity contribution in [2.24, 2.45) is 0 Å². The molecule has 2 aromatic carbocycles. The molecule has 0 saturated heterocycles. The summed E-state index contributed by atoms with van der Waals surface area (Å²) in [7, 11) is 0. The molecule has 0 unspecified atom stereocenters. The highest BCUT2D eigenvalue weighted by Gasteiger charge is 2.16. The molecular formula is C22H24N2O. The fraction of sp³-hybridized carbons (Fsp3) is 0.273. The molecule has 25 heavy (non-hydrogen) atoms. The highest BCUT2D eigenvalue weighted by molar-refractivity contribution is 5.71. The van der Waals surface area contributed by atoms with Gasteiger partial charge in [-0.25, -0.2) is 0 Å². The van der Waals surface area contributed by atoms with Crippen molar-refractivity contribution in [1.29, 1.82) is 0 Å². The highest BCUT2D eigenvalue weighted by Crippen LogP contribution is 2.29. The average Bonchev–Trinajstić information content (AvgIpc) is 3.06.